The molecule has 3 aromatic heterocycles. The van der Waals surface area contributed by atoms with Crippen molar-refractivity contribution in [3.8, 4) is 11.7 Å². The molecule has 2 N–H and O–H groups in total. The average molecular weight is 520 g/mol. The molecule has 188 valence electrons. The van der Waals surface area contributed by atoms with Crippen LogP contribution in [0.3, 0.4) is 0 Å². The van der Waals surface area contributed by atoms with Crippen LogP contribution in [0.15, 0.2) is 17.2 Å². The molecule has 1 amide bonds. The number of anilines is 1. The second-order valence-electron chi connectivity index (χ2n) is 7.04. The Kier molecular flexibility index (Phi) is 7.40. The Balaban J connectivity index is 2.14. The number of aliphatic hydroxyl groups is 1. The molecular weight excluding hydrogens is 502 g/mol. The van der Waals surface area contributed by atoms with Gasteiger partial charge < -0.3 is 15.2 Å². The molecule has 3 rings (SSSR count). The standard InChI is InChI=1S/C19H18ClF4N7O4/c1-4-30-12(6-32)29-31(18(30)34)15-11(21)5-10(17(28-15)35-9(3)19(22,23)24)16(33)27-14-13(20)8(2)25-7-26-14/h5,7,9,32H,4,6H2,1-3H3,(H,25,26,27,33)/t9-/m0/s1. The molecular formula is C19H18ClF4N7O4. The van der Waals surface area contributed by atoms with Crippen LogP contribution in [-0.4, -0.2) is 52.6 Å². The Hall–Kier alpha value is -3.59. The predicted molar refractivity (Wildman–Crippen MR) is 113 cm³/mol. The maximum absolute atomic E-state index is 15.0. The van der Waals surface area contributed by atoms with E-state index in [4.69, 9.17) is 16.3 Å². The number of alkyl halides is 3. The Morgan fingerprint density at radius 2 is 2.03 bits per heavy atom. The van der Waals surface area contributed by atoms with E-state index >= 15 is 4.39 Å². The van der Waals surface area contributed by atoms with Crippen molar-refractivity contribution in [1.82, 2.24) is 29.3 Å². The molecule has 16 heteroatoms. The van der Waals surface area contributed by atoms with Crippen LogP contribution < -0.4 is 15.7 Å². The van der Waals surface area contributed by atoms with Crippen molar-refractivity contribution < 1.29 is 32.2 Å². The summed E-state index contributed by atoms with van der Waals surface area (Å²) in [6.07, 6.45) is -6.23. The number of carbonyl (C=O) groups is 1. The smallest absolute Gasteiger partial charge is 0.425 e. The zero-order chi connectivity index (χ0) is 26.1. The van der Waals surface area contributed by atoms with Crippen molar-refractivity contribution in [1.29, 1.82) is 0 Å². The number of amides is 1. The summed E-state index contributed by atoms with van der Waals surface area (Å²) in [6.45, 7) is 3.11. The molecule has 0 aliphatic carbocycles. The lowest BCUT2D eigenvalue weighted by Crippen LogP contribution is -2.33. The van der Waals surface area contributed by atoms with Crippen molar-refractivity contribution >= 4 is 23.3 Å². The minimum absolute atomic E-state index is 0.0507. The van der Waals surface area contributed by atoms with Crippen molar-refractivity contribution in [3.63, 3.8) is 0 Å². The maximum Gasteiger partial charge on any atom is 0.425 e. The predicted octanol–water partition coefficient (Wildman–Crippen LogP) is 2.41. The van der Waals surface area contributed by atoms with E-state index < -0.39 is 53.6 Å². The average Bonchev–Trinajstić information content (AvgIpc) is 3.12. The number of carbonyl (C=O) groups excluding carboxylic acids is 1. The van der Waals surface area contributed by atoms with Crippen molar-refractivity contribution in [3.05, 3.63) is 50.8 Å². The van der Waals surface area contributed by atoms with Crippen LogP contribution in [0.1, 0.15) is 35.7 Å². The number of aliphatic hydroxyl groups excluding tert-OH is 1. The highest BCUT2D eigenvalue weighted by atomic mass is 35.5. The summed E-state index contributed by atoms with van der Waals surface area (Å²) in [5.41, 5.74) is -1.36. The van der Waals surface area contributed by atoms with Gasteiger partial charge in [-0.2, -0.15) is 22.8 Å². The molecule has 3 aromatic rings. The molecule has 0 aliphatic heterocycles. The molecule has 0 fully saturated rings. The lowest BCUT2D eigenvalue weighted by Gasteiger charge is -2.19. The fourth-order valence-electron chi connectivity index (χ4n) is 2.83. The van der Waals surface area contributed by atoms with Crippen LogP contribution in [0.5, 0.6) is 5.88 Å². The van der Waals surface area contributed by atoms with Crippen molar-refractivity contribution in [2.45, 2.75) is 46.2 Å². The lowest BCUT2D eigenvalue weighted by molar-refractivity contribution is -0.190. The molecule has 3 heterocycles. The number of aryl methyl sites for hydroxylation is 1. The van der Waals surface area contributed by atoms with Crippen LogP contribution in [0.2, 0.25) is 5.02 Å². The molecule has 0 saturated heterocycles. The van der Waals surface area contributed by atoms with Crippen LogP contribution >= 0.6 is 11.6 Å². The topological polar surface area (TPSA) is 137 Å². The van der Waals surface area contributed by atoms with Gasteiger partial charge in [-0.05, 0) is 26.8 Å². The van der Waals surface area contributed by atoms with Crippen LogP contribution in [0.4, 0.5) is 23.4 Å². The Morgan fingerprint density at radius 3 is 2.60 bits per heavy atom. The van der Waals surface area contributed by atoms with E-state index in [1.807, 2.05) is 0 Å². The quantitative estimate of drug-likeness (QED) is 0.454. The first kappa shape index (κ1) is 26.0. The number of hydrogen-bond donors (Lipinski definition) is 2. The zero-order valence-electron chi connectivity index (χ0n) is 18.4. The number of aromatic nitrogens is 6. The highest BCUT2D eigenvalue weighted by Crippen LogP contribution is 2.29. The van der Waals surface area contributed by atoms with Crippen LogP contribution in [0, 0.1) is 12.7 Å². The van der Waals surface area contributed by atoms with Crippen LogP contribution in [-0.2, 0) is 13.2 Å². The third-order valence-electron chi connectivity index (χ3n) is 4.71. The number of ether oxygens (including phenoxy) is 1. The van der Waals surface area contributed by atoms with E-state index in [2.05, 4.69) is 25.4 Å². The summed E-state index contributed by atoms with van der Waals surface area (Å²) in [5.74, 6) is -4.52. The van der Waals surface area contributed by atoms with Crippen LogP contribution in [0.25, 0.3) is 5.82 Å². The molecule has 0 saturated carbocycles. The normalized spacial score (nSPS) is 12.5. The summed E-state index contributed by atoms with van der Waals surface area (Å²) in [7, 11) is 0. The number of pyridine rings is 1. The monoisotopic (exact) mass is 519 g/mol. The Morgan fingerprint density at radius 1 is 1.34 bits per heavy atom. The van der Waals surface area contributed by atoms with Gasteiger partial charge in [-0.15, -0.1) is 5.10 Å². The van der Waals surface area contributed by atoms with Gasteiger partial charge in [0, 0.05) is 6.54 Å². The van der Waals surface area contributed by atoms with Gasteiger partial charge >= 0.3 is 11.9 Å². The number of hydrogen-bond acceptors (Lipinski definition) is 8. The fourth-order valence-corrected chi connectivity index (χ4v) is 2.97. The fraction of sp³-hybridized carbons (Fsp3) is 0.368. The number of nitrogens with zero attached hydrogens (tertiary/aromatic N) is 6. The van der Waals surface area contributed by atoms with Gasteiger partial charge in [0.1, 0.15) is 23.5 Å². The van der Waals surface area contributed by atoms with E-state index in [1.54, 1.807) is 6.92 Å². The maximum atomic E-state index is 15.0. The first-order valence-electron chi connectivity index (χ1n) is 9.91. The van der Waals surface area contributed by atoms with Crippen molar-refractivity contribution in [2.75, 3.05) is 5.32 Å². The molecule has 0 radical (unpaired) electrons. The van der Waals surface area contributed by atoms with Gasteiger partial charge in [-0.25, -0.2) is 19.2 Å². The summed E-state index contributed by atoms with van der Waals surface area (Å²) >= 11 is 6.03. The first-order chi connectivity index (χ1) is 16.4. The minimum atomic E-state index is -4.86. The molecule has 0 unspecified atom stereocenters. The van der Waals surface area contributed by atoms with E-state index in [0.717, 1.165) is 10.9 Å². The van der Waals surface area contributed by atoms with E-state index in [1.165, 1.54) is 6.92 Å². The van der Waals surface area contributed by atoms with Gasteiger partial charge in [0.2, 0.25) is 5.88 Å². The number of rotatable bonds is 7. The SMILES string of the molecule is CCn1c(CO)nn(-c2nc(O[C@@H](C)C(F)(F)F)c(C(=O)Nc3ncnc(C)c3Cl)cc2F)c1=O. The summed E-state index contributed by atoms with van der Waals surface area (Å²) in [6, 6.07) is 0.536. The zero-order valence-corrected chi connectivity index (χ0v) is 19.1. The van der Waals surface area contributed by atoms with E-state index in [0.29, 0.717) is 23.4 Å². The van der Waals surface area contributed by atoms with Gasteiger partial charge in [0.15, 0.2) is 29.4 Å². The van der Waals surface area contributed by atoms with E-state index in [-0.39, 0.29) is 23.2 Å². The highest BCUT2D eigenvalue weighted by molar-refractivity contribution is 6.34. The van der Waals surface area contributed by atoms with Gasteiger partial charge in [-0.3, -0.25) is 9.36 Å². The molecule has 0 bridgehead atoms. The van der Waals surface area contributed by atoms with Gasteiger partial charge in [0.25, 0.3) is 5.91 Å². The third-order valence-corrected chi connectivity index (χ3v) is 5.16. The van der Waals surface area contributed by atoms with Gasteiger partial charge in [0.05, 0.1) is 5.69 Å². The molecule has 11 nitrogen and oxygen atoms in total. The molecule has 0 aliphatic rings. The summed E-state index contributed by atoms with van der Waals surface area (Å²) in [5, 5.41) is 15.3. The van der Waals surface area contributed by atoms with Crippen molar-refractivity contribution in [2.24, 2.45) is 0 Å². The second-order valence-corrected chi connectivity index (χ2v) is 7.41. The summed E-state index contributed by atoms with van der Waals surface area (Å²) in [4.78, 5) is 36.7. The summed E-state index contributed by atoms with van der Waals surface area (Å²) < 4.78 is 60.8. The first-order valence-corrected chi connectivity index (χ1v) is 10.3. The minimum Gasteiger partial charge on any atom is -0.464 e. The highest BCUT2D eigenvalue weighted by Gasteiger charge is 2.39. The lowest BCUT2D eigenvalue weighted by atomic mass is 10.2. The molecule has 35 heavy (non-hydrogen) atoms. The molecule has 0 spiro atoms. The molecule has 0 aromatic carbocycles. The largest absolute Gasteiger partial charge is 0.464 e. The second kappa shape index (κ2) is 9.95. The number of halogens is 5. The third kappa shape index (κ3) is 5.24. The molecule has 1 atom stereocenters. The number of nitrogens with one attached hydrogen (secondary N) is 1. The van der Waals surface area contributed by atoms with Gasteiger partial charge in [-0.1, -0.05) is 11.6 Å². The Bertz CT molecular complexity index is 1330. The van der Waals surface area contributed by atoms with E-state index in [9.17, 15) is 27.9 Å². The Labute approximate surface area is 199 Å².